The summed E-state index contributed by atoms with van der Waals surface area (Å²) in [4.78, 5) is 9.85. The third-order valence-corrected chi connectivity index (χ3v) is 0.634. The highest BCUT2D eigenvalue weighted by molar-refractivity contribution is 5.79. The molecule has 0 radical (unpaired) electrons. The molecule has 0 saturated heterocycles. The summed E-state index contributed by atoms with van der Waals surface area (Å²) in [6.45, 7) is 3.01. The summed E-state index contributed by atoms with van der Waals surface area (Å²) in [6, 6.07) is 0. The predicted molar refractivity (Wildman–Crippen MR) is 33.1 cm³/mol. The van der Waals surface area contributed by atoms with Crippen molar-refractivity contribution < 1.29 is 15.0 Å². The summed E-state index contributed by atoms with van der Waals surface area (Å²) < 4.78 is 0. The van der Waals surface area contributed by atoms with Crippen molar-refractivity contribution in [1.29, 1.82) is 0 Å². The fraction of sp³-hybridized carbons (Fsp3) is 0.500. The molecular weight excluding hydrogens is 120 g/mol. The van der Waals surface area contributed by atoms with Gasteiger partial charge in [-0.1, -0.05) is 0 Å². The second kappa shape index (κ2) is 2.64. The molecule has 3 nitrogen and oxygen atoms in total. The molecule has 0 aromatic heterocycles. The van der Waals surface area contributed by atoms with Crippen LogP contribution >= 0.6 is 0 Å². The molecule has 0 fully saturated rings. The second-order valence-corrected chi connectivity index (χ2v) is 2.33. The smallest absolute Gasteiger partial charge is 0.328 e. The number of carboxylic acid groups (broad SMARTS) is 1. The number of carboxylic acids is 1. The number of rotatable bonds is 2. The van der Waals surface area contributed by atoms with E-state index in [4.69, 9.17) is 10.2 Å². The zero-order valence-corrected chi connectivity index (χ0v) is 5.46. The van der Waals surface area contributed by atoms with Crippen molar-refractivity contribution in [3.63, 3.8) is 0 Å². The number of carbonyl (C=O) groups is 1. The number of hydrogen-bond donors (Lipinski definition) is 2. The molecule has 0 heterocycles. The van der Waals surface area contributed by atoms with E-state index in [0.29, 0.717) is 0 Å². The molecule has 0 atom stereocenters. The summed E-state index contributed by atoms with van der Waals surface area (Å²) in [5.41, 5.74) is -1.03. The number of hydrogen-bond acceptors (Lipinski definition) is 2. The summed E-state index contributed by atoms with van der Waals surface area (Å²) in [5, 5.41) is 17.0. The van der Waals surface area contributed by atoms with Gasteiger partial charge in [-0.2, -0.15) is 0 Å². The van der Waals surface area contributed by atoms with Crippen LogP contribution in [0.15, 0.2) is 12.2 Å². The number of aliphatic hydroxyl groups is 1. The maximum atomic E-state index is 9.85. The van der Waals surface area contributed by atoms with Gasteiger partial charge in [-0.3, -0.25) is 0 Å². The summed E-state index contributed by atoms with van der Waals surface area (Å²) in [5.74, 6) is -1.04. The van der Waals surface area contributed by atoms with Crippen LogP contribution in [-0.2, 0) is 4.79 Å². The molecule has 0 bridgehead atoms. The maximum Gasteiger partial charge on any atom is 0.328 e. The second-order valence-electron chi connectivity index (χ2n) is 2.33. The molecule has 9 heavy (non-hydrogen) atoms. The summed E-state index contributed by atoms with van der Waals surface area (Å²) >= 11 is 0. The van der Waals surface area contributed by atoms with E-state index in [2.05, 4.69) is 0 Å². The van der Waals surface area contributed by atoms with Gasteiger partial charge in [0, 0.05) is 6.08 Å². The molecule has 0 aromatic carbocycles. The van der Waals surface area contributed by atoms with Crippen LogP contribution in [0.4, 0.5) is 0 Å². The first-order valence-corrected chi connectivity index (χ1v) is 2.56. The summed E-state index contributed by atoms with van der Waals surface area (Å²) in [7, 11) is 0. The Hall–Kier alpha value is -0.830. The van der Waals surface area contributed by atoms with Crippen LogP contribution in [-0.4, -0.2) is 21.8 Å². The highest BCUT2D eigenvalue weighted by Gasteiger charge is 2.06. The lowest BCUT2D eigenvalue weighted by molar-refractivity contribution is -0.131. The first kappa shape index (κ1) is 8.17. The third kappa shape index (κ3) is 7.17. The Bertz CT molecular complexity index is 130. The molecule has 0 aliphatic carbocycles. The van der Waals surface area contributed by atoms with Gasteiger partial charge in [-0.05, 0) is 19.9 Å². The van der Waals surface area contributed by atoms with Crippen molar-refractivity contribution in [1.82, 2.24) is 0 Å². The van der Waals surface area contributed by atoms with Gasteiger partial charge < -0.3 is 10.2 Å². The Balaban J connectivity index is 3.86. The quantitative estimate of drug-likeness (QED) is 0.532. The van der Waals surface area contributed by atoms with E-state index < -0.39 is 11.6 Å². The van der Waals surface area contributed by atoms with Crippen LogP contribution in [0.3, 0.4) is 0 Å². The van der Waals surface area contributed by atoms with Gasteiger partial charge in [0.25, 0.3) is 0 Å². The largest absolute Gasteiger partial charge is 0.478 e. The molecule has 0 aromatic rings. The topological polar surface area (TPSA) is 57.5 Å². The zero-order valence-electron chi connectivity index (χ0n) is 5.46. The van der Waals surface area contributed by atoms with Gasteiger partial charge in [0.1, 0.15) is 0 Å². The molecule has 3 heteroatoms. The van der Waals surface area contributed by atoms with Gasteiger partial charge in [0.05, 0.1) is 5.60 Å². The average molecular weight is 130 g/mol. The predicted octanol–water partition coefficient (Wildman–Crippen LogP) is 0.398. The van der Waals surface area contributed by atoms with E-state index in [1.165, 1.54) is 19.9 Å². The maximum absolute atomic E-state index is 9.85. The van der Waals surface area contributed by atoms with Crippen molar-refractivity contribution >= 4 is 5.97 Å². The summed E-state index contributed by atoms with van der Waals surface area (Å²) in [6.07, 6.45) is 2.13. The lowest BCUT2D eigenvalue weighted by atomic mass is 10.1. The van der Waals surface area contributed by atoms with E-state index in [9.17, 15) is 4.79 Å². The highest BCUT2D eigenvalue weighted by Crippen LogP contribution is 2.01. The Kier molecular flexibility index (Phi) is 2.40. The monoisotopic (exact) mass is 130 g/mol. The molecule has 0 unspecified atom stereocenters. The molecule has 0 amide bonds. The molecular formula is C6H10O3. The molecule has 2 N–H and O–H groups in total. The van der Waals surface area contributed by atoms with Gasteiger partial charge >= 0.3 is 5.97 Å². The van der Waals surface area contributed by atoms with E-state index >= 15 is 0 Å². The van der Waals surface area contributed by atoms with E-state index in [-0.39, 0.29) is 0 Å². The molecule has 0 aliphatic rings. The molecule has 52 valence electrons. The fourth-order valence-corrected chi connectivity index (χ4v) is 0.275. The zero-order chi connectivity index (χ0) is 7.49. The Morgan fingerprint density at radius 2 is 2.00 bits per heavy atom. The lowest BCUT2D eigenvalue weighted by Crippen LogP contribution is -2.14. The minimum atomic E-state index is -1.04. The molecule has 0 aliphatic heterocycles. The van der Waals surface area contributed by atoms with Crippen LogP contribution in [0.2, 0.25) is 0 Å². The van der Waals surface area contributed by atoms with E-state index in [1.807, 2.05) is 0 Å². The van der Waals surface area contributed by atoms with Gasteiger partial charge in [-0.15, -0.1) is 0 Å². The molecule has 0 rings (SSSR count). The van der Waals surface area contributed by atoms with Crippen LogP contribution in [0.25, 0.3) is 0 Å². The SMILES string of the molecule is CC(C)(O)C=CC(=O)O. The van der Waals surface area contributed by atoms with Gasteiger partial charge in [0.2, 0.25) is 0 Å². The van der Waals surface area contributed by atoms with Gasteiger partial charge in [-0.25, -0.2) is 4.79 Å². The minimum absolute atomic E-state index is 0.917. The van der Waals surface area contributed by atoms with Crippen molar-refractivity contribution in [3.8, 4) is 0 Å². The lowest BCUT2D eigenvalue weighted by Gasteiger charge is -2.08. The Morgan fingerprint density at radius 3 is 2.11 bits per heavy atom. The van der Waals surface area contributed by atoms with Crippen LogP contribution in [0, 0.1) is 0 Å². The Morgan fingerprint density at radius 1 is 1.56 bits per heavy atom. The standard InChI is InChI=1S/C6H10O3/c1-6(2,9)4-3-5(7)8/h3-4,9H,1-2H3,(H,7,8). The Labute approximate surface area is 53.6 Å². The van der Waals surface area contributed by atoms with Crippen molar-refractivity contribution in [2.45, 2.75) is 19.4 Å². The number of aliphatic carboxylic acids is 1. The molecule has 0 spiro atoms. The normalized spacial score (nSPS) is 12.3. The van der Waals surface area contributed by atoms with Crippen LogP contribution < -0.4 is 0 Å². The molecule has 0 saturated carbocycles. The first-order valence-electron chi connectivity index (χ1n) is 2.56. The van der Waals surface area contributed by atoms with Gasteiger partial charge in [0.15, 0.2) is 0 Å². The van der Waals surface area contributed by atoms with E-state index in [0.717, 1.165) is 6.08 Å². The first-order chi connectivity index (χ1) is 3.92. The van der Waals surface area contributed by atoms with Crippen LogP contribution in [0.1, 0.15) is 13.8 Å². The van der Waals surface area contributed by atoms with Crippen molar-refractivity contribution in [2.24, 2.45) is 0 Å². The average Bonchev–Trinajstić information content (AvgIpc) is 1.59. The minimum Gasteiger partial charge on any atom is -0.478 e. The third-order valence-electron chi connectivity index (χ3n) is 0.634. The van der Waals surface area contributed by atoms with Crippen molar-refractivity contribution in [2.75, 3.05) is 0 Å². The van der Waals surface area contributed by atoms with Crippen LogP contribution in [0.5, 0.6) is 0 Å². The fourth-order valence-electron chi connectivity index (χ4n) is 0.275. The van der Waals surface area contributed by atoms with Crippen molar-refractivity contribution in [3.05, 3.63) is 12.2 Å². The van der Waals surface area contributed by atoms with E-state index in [1.54, 1.807) is 0 Å². The highest BCUT2D eigenvalue weighted by atomic mass is 16.4.